The number of benzene rings is 1. The van der Waals surface area contributed by atoms with Crippen molar-refractivity contribution in [1.82, 2.24) is 0 Å². The van der Waals surface area contributed by atoms with Crippen LogP contribution in [0, 0.1) is 0 Å². The van der Waals surface area contributed by atoms with Gasteiger partial charge in [-0.25, -0.2) is 0 Å². The molecule has 19 heavy (non-hydrogen) atoms. The molecule has 1 aromatic carbocycles. The fourth-order valence-electron chi connectivity index (χ4n) is 1.69. The number of hydrogen-bond donors (Lipinski definition) is 1. The van der Waals surface area contributed by atoms with Crippen LogP contribution >= 0.6 is 0 Å². The van der Waals surface area contributed by atoms with Crippen molar-refractivity contribution >= 4 is 5.97 Å². The van der Waals surface area contributed by atoms with Gasteiger partial charge in [0.05, 0.1) is 13.7 Å². The Balaban J connectivity index is 2.75. The molecule has 0 bridgehead atoms. The quantitative estimate of drug-likeness (QED) is 0.686. The third-order valence-corrected chi connectivity index (χ3v) is 2.88. The molecule has 5 heteroatoms. The van der Waals surface area contributed by atoms with Crippen LogP contribution in [-0.2, 0) is 4.79 Å². The first-order valence-corrected chi connectivity index (χ1v) is 6.44. The van der Waals surface area contributed by atoms with Gasteiger partial charge in [0, 0.05) is 5.56 Å². The highest BCUT2D eigenvalue weighted by atomic mass is 16.5. The third-order valence-electron chi connectivity index (χ3n) is 2.88. The third kappa shape index (κ3) is 4.44. The zero-order chi connectivity index (χ0) is 14.3. The van der Waals surface area contributed by atoms with E-state index in [9.17, 15) is 9.90 Å². The minimum absolute atomic E-state index is 0.517. The number of quaternary nitrogens is 1. The largest absolute Gasteiger partial charge is 0.544 e. The molecule has 3 N–H and O–H groups in total. The number of ether oxygens (including phenoxy) is 2. The van der Waals surface area contributed by atoms with Crippen molar-refractivity contribution in [2.45, 2.75) is 32.2 Å². The highest BCUT2D eigenvalue weighted by Gasteiger charge is 2.14. The fraction of sp³-hybridized carbons (Fsp3) is 0.500. The maximum Gasteiger partial charge on any atom is 0.161 e. The normalized spacial score (nSPS) is 11.9. The smallest absolute Gasteiger partial charge is 0.161 e. The molecule has 0 aromatic heterocycles. The second kappa shape index (κ2) is 7.63. The van der Waals surface area contributed by atoms with E-state index >= 15 is 0 Å². The summed E-state index contributed by atoms with van der Waals surface area (Å²) in [5, 5.41) is 10.8. The van der Waals surface area contributed by atoms with Crippen LogP contribution in [0.1, 0.15) is 37.8 Å². The van der Waals surface area contributed by atoms with Crippen molar-refractivity contribution in [2.75, 3.05) is 13.7 Å². The molecule has 0 heterocycles. The van der Waals surface area contributed by atoms with E-state index in [0.717, 1.165) is 19.3 Å². The average molecular weight is 267 g/mol. The van der Waals surface area contributed by atoms with E-state index < -0.39 is 12.0 Å². The second-order valence-electron chi connectivity index (χ2n) is 4.34. The molecule has 0 aliphatic carbocycles. The Morgan fingerprint density at radius 3 is 2.68 bits per heavy atom. The number of hydrogen-bond acceptors (Lipinski definition) is 4. The van der Waals surface area contributed by atoms with Crippen LogP contribution in [0.25, 0.3) is 0 Å². The van der Waals surface area contributed by atoms with Gasteiger partial charge >= 0.3 is 0 Å². The lowest BCUT2D eigenvalue weighted by Crippen LogP contribution is -2.61. The molecule has 0 saturated carbocycles. The minimum atomic E-state index is -1.21. The van der Waals surface area contributed by atoms with Gasteiger partial charge in [-0.1, -0.05) is 19.8 Å². The summed E-state index contributed by atoms with van der Waals surface area (Å²) in [5.74, 6) is -0.0736. The highest BCUT2D eigenvalue weighted by Crippen LogP contribution is 2.29. The zero-order valence-electron chi connectivity index (χ0n) is 11.5. The molecular weight excluding hydrogens is 246 g/mol. The molecule has 0 aliphatic heterocycles. The molecular formula is C14H21NO4. The van der Waals surface area contributed by atoms with E-state index in [-0.39, 0.29) is 0 Å². The van der Waals surface area contributed by atoms with E-state index in [1.54, 1.807) is 18.2 Å². The number of carbonyl (C=O) groups is 1. The number of unbranched alkanes of at least 4 members (excludes halogenated alkanes) is 2. The van der Waals surface area contributed by atoms with Gasteiger partial charge in [-0.2, -0.15) is 0 Å². The summed E-state index contributed by atoms with van der Waals surface area (Å²) in [6, 6.07) is 4.10. The number of rotatable bonds is 8. The molecule has 0 amide bonds. The van der Waals surface area contributed by atoms with Crippen LogP contribution in [0.4, 0.5) is 0 Å². The highest BCUT2D eigenvalue weighted by molar-refractivity contribution is 5.72. The number of aliphatic carboxylic acids is 1. The lowest BCUT2D eigenvalue weighted by atomic mass is 10.1. The van der Waals surface area contributed by atoms with Crippen LogP contribution in [0.2, 0.25) is 0 Å². The minimum Gasteiger partial charge on any atom is -0.544 e. The maximum atomic E-state index is 10.8. The zero-order valence-corrected chi connectivity index (χ0v) is 11.5. The standard InChI is InChI=1S/C14H21NO4/c1-3-4-5-8-19-11-7-6-10(9-12(11)18-2)13(15)14(16)17/h6-7,9,13H,3-5,8,15H2,1-2H3,(H,16,17)/t13-/m0/s1. The Hall–Kier alpha value is -1.75. The van der Waals surface area contributed by atoms with Gasteiger partial charge in [-0.05, 0) is 24.6 Å². The van der Waals surface area contributed by atoms with Crippen molar-refractivity contribution in [2.24, 2.45) is 0 Å². The van der Waals surface area contributed by atoms with Crippen molar-refractivity contribution in [1.29, 1.82) is 0 Å². The van der Waals surface area contributed by atoms with E-state index in [1.807, 2.05) is 0 Å². The van der Waals surface area contributed by atoms with E-state index in [1.165, 1.54) is 7.11 Å². The van der Waals surface area contributed by atoms with Gasteiger partial charge in [0.1, 0.15) is 5.97 Å². The molecule has 1 atom stereocenters. The molecule has 0 spiro atoms. The van der Waals surface area contributed by atoms with E-state index in [0.29, 0.717) is 23.7 Å². The van der Waals surface area contributed by atoms with E-state index in [4.69, 9.17) is 9.47 Å². The van der Waals surface area contributed by atoms with Gasteiger partial charge in [-0.15, -0.1) is 0 Å². The Morgan fingerprint density at radius 2 is 2.11 bits per heavy atom. The number of carboxylic acids is 1. The maximum absolute atomic E-state index is 10.8. The van der Waals surface area contributed by atoms with Gasteiger partial charge in [0.25, 0.3) is 0 Å². The summed E-state index contributed by atoms with van der Waals surface area (Å²) < 4.78 is 10.8. The van der Waals surface area contributed by atoms with Crippen LogP contribution in [0.5, 0.6) is 11.5 Å². The van der Waals surface area contributed by atoms with Crippen LogP contribution < -0.4 is 20.3 Å². The first-order chi connectivity index (χ1) is 9.10. The molecule has 0 radical (unpaired) electrons. The van der Waals surface area contributed by atoms with Gasteiger partial charge in [-0.3, -0.25) is 0 Å². The van der Waals surface area contributed by atoms with E-state index in [2.05, 4.69) is 12.7 Å². The van der Waals surface area contributed by atoms with Crippen LogP contribution in [0.3, 0.4) is 0 Å². The van der Waals surface area contributed by atoms with Crippen molar-refractivity contribution in [3.05, 3.63) is 23.8 Å². The van der Waals surface area contributed by atoms with Gasteiger partial charge in [0.15, 0.2) is 17.5 Å². The summed E-state index contributed by atoms with van der Waals surface area (Å²) in [7, 11) is 1.52. The van der Waals surface area contributed by atoms with Crippen molar-refractivity contribution in [3.8, 4) is 11.5 Å². The monoisotopic (exact) mass is 267 g/mol. The Labute approximate surface area is 113 Å². The molecule has 0 fully saturated rings. The number of carboxylic acid groups (broad SMARTS) is 1. The molecule has 5 nitrogen and oxygen atoms in total. The average Bonchev–Trinajstić information content (AvgIpc) is 2.42. The molecule has 1 rings (SSSR count). The van der Waals surface area contributed by atoms with Gasteiger partial charge in [0.2, 0.25) is 0 Å². The summed E-state index contributed by atoms with van der Waals surface area (Å²) in [5.41, 5.74) is 4.08. The predicted octanol–water partition coefficient (Wildman–Crippen LogP) is 0.297. The lowest BCUT2D eigenvalue weighted by Gasteiger charge is -2.14. The summed E-state index contributed by atoms with van der Waals surface area (Å²) in [4.78, 5) is 10.8. The Bertz CT molecular complexity index is 420. The second-order valence-corrected chi connectivity index (χ2v) is 4.34. The molecule has 0 unspecified atom stereocenters. The van der Waals surface area contributed by atoms with Crippen LogP contribution in [-0.4, -0.2) is 19.7 Å². The predicted molar refractivity (Wildman–Crippen MR) is 68.7 cm³/mol. The summed E-state index contributed by atoms with van der Waals surface area (Å²) in [6.45, 7) is 2.75. The molecule has 106 valence electrons. The van der Waals surface area contributed by atoms with Crippen molar-refractivity contribution < 1.29 is 25.1 Å². The van der Waals surface area contributed by atoms with Crippen LogP contribution in [0.15, 0.2) is 18.2 Å². The Morgan fingerprint density at radius 1 is 1.37 bits per heavy atom. The fourth-order valence-corrected chi connectivity index (χ4v) is 1.69. The number of carbonyl (C=O) groups excluding carboxylic acids is 1. The molecule has 1 aromatic rings. The molecule has 0 aliphatic rings. The first kappa shape index (κ1) is 15.3. The van der Waals surface area contributed by atoms with Crippen molar-refractivity contribution in [3.63, 3.8) is 0 Å². The number of methoxy groups -OCH3 is 1. The SMILES string of the molecule is CCCCCOc1ccc([C@H]([NH3+])C(=O)[O-])cc1OC. The van der Waals surface area contributed by atoms with Gasteiger partial charge < -0.3 is 25.1 Å². The summed E-state index contributed by atoms with van der Waals surface area (Å²) in [6.07, 6.45) is 3.23. The lowest BCUT2D eigenvalue weighted by molar-refractivity contribution is -0.443. The first-order valence-electron chi connectivity index (χ1n) is 6.44. The Kier molecular flexibility index (Phi) is 6.15. The molecule has 0 saturated heterocycles. The topological polar surface area (TPSA) is 86.2 Å². The summed E-state index contributed by atoms with van der Waals surface area (Å²) >= 11 is 0.